The van der Waals surface area contributed by atoms with Crippen molar-refractivity contribution in [2.24, 2.45) is 5.92 Å². The Labute approximate surface area is 141 Å². The molecule has 0 saturated heterocycles. The first kappa shape index (κ1) is 16.5. The van der Waals surface area contributed by atoms with E-state index in [1.54, 1.807) is 22.6 Å². The first-order chi connectivity index (χ1) is 11.1. The molecule has 0 radical (unpaired) electrons. The normalized spacial score (nSPS) is 23.1. The second-order valence-corrected chi connectivity index (χ2v) is 7.51. The quantitative estimate of drug-likeness (QED) is 0.822. The standard InChI is InChI=1S/C16H25N5OS/c1-12-5-3-6-14(9-12)21-13(2)18-19-16(21)23-11-15(22)10-20-8-4-7-17-20/h4,7-8,12,14-15,22H,3,5-6,9-11H2,1-2H3/t12-,14+,15+/m0/s1. The maximum Gasteiger partial charge on any atom is 0.191 e. The van der Waals surface area contributed by atoms with Crippen molar-refractivity contribution < 1.29 is 5.11 Å². The molecule has 3 atom stereocenters. The summed E-state index contributed by atoms with van der Waals surface area (Å²) in [5.41, 5.74) is 0. The summed E-state index contributed by atoms with van der Waals surface area (Å²) in [4.78, 5) is 0. The monoisotopic (exact) mass is 335 g/mol. The van der Waals surface area contributed by atoms with Crippen molar-refractivity contribution in [3.63, 3.8) is 0 Å². The summed E-state index contributed by atoms with van der Waals surface area (Å²) >= 11 is 1.59. The Balaban J connectivity index is 1.62. The van der Waals surface area contributed by atoms with Gasteiger partial charge in [-0.2, -0.15) is 5.10 Å². The molecule has 7 heteroatoms. The van der Waals surface area contributed by atoms with Gasteiger partial charge in [0.25, 0.3) is 0 Å². The first-order valence-electron chi connectivity index (χ1n) is 8.33. The number of rotatable bonds is 6. The molecule has 0 bridgehead atoms. The van der Waals surface area contributed by atoms with E-state index in [1.165, 1.54) is 25.7 Å². The SMILES string of the molecule is Cc1nnc(SC[C@H](O)Cn2cccn2)n1[C@@H]1CCC[C@H](C)C1. The predicted molar refractivity (Wildman–Crippen MR) is 90.4 cm³/mol. The van der Waals surface area contributed by atoms with Gasteiger partial charge < -0.3 is 9.67 Å². The number of hydrogen-bond acceptors (Lipinski definition) is 5. The van der Waals surface area contributed by atoms with E-state index in [1.807, 2.05) is 19.2 Å². The molecule has 0 aromatic carbocycles. The van der Waals surface area contributed by atoms with Crippen molar-refractivity contribution >= 4 is 11.8 Å². The van der Waals surface area contributed by atoms with E-state index >= 15 is 0 Å². The molecular formula is C16H25N5OS. The minimum absolute atomic E-state index is 0.448. The zero-order valence-corrected chi connectivity index (χ0v) is 14.6. The van der Waals surface area contributed by atoms with Crippen LogP contribution in [0.15, 0.2) is 23.6 Å². The molecule has 0 unspecified atom stereocenters. The zero-order chi connectivity index (χ0) is 16.2. The molecule has 0 aliphatic heterocycles. The lowest BCUT2D eigenvalue weighted by Gasteiger charge is -2.29. The molecule has 1 saturated carbocycles. The van der Waals surface area contributed by atoms with E-state index in [9.17, 15) is 5.11 Å². The van der Waals surface area contributed by atoms with Gasteiger partial charge in [-0.15, -0.1) is 10.2 Å². The zero-order valence-electron chi connectivity index (χ0n) is 13.8. The molecule has 2 aromatic heterocycles. The van der Waals surface area contributed by atoms with Crippen LogP contribution in [0.25, 0.3) is 0 Å². The van der Waals surface area contributed by atoms with Gasteiger partial charge in [0.1, 0.15) is 5.82 Å². The summed E-state index contributed by atoms with van der Waals surface area (Å²) in [7, 11) is 0. The first-order valence-corrected chi connectivity index (χ1v) is 9.32. The fourth-order valence-electron chi connectivity index (χ4n) is 3.35. The molecule has 1 fully saturated rings. The van der Waals surface area contributed by atoms with Crippen molar-refractivity contribution in [2.45, 2.75) is 63.4 Å². The van der Waals surface area contributed by atoms with Crippen molar-refractivity contribution in [3.05, 3.63) is 24.3 Å². The van der Waals surface area contributed by atoms with Crippen LogP contribution in [-0.2, 0) is 6.54 Å². The third-order valence-corrected chi connectivity index (χ3v) is 5.56. The molecule has 2 aromatic rings. The molecule has 23 heavy (non-hydrogen) atoms. The number of thioether (sulfide) groups is 1. The van der Waals surface area contributed by atoms with Gasteiger partial charge in [0.05, 0.1) is 12.6 Å². The molecule has 6 nitrogen and oxygen atoms in total. The van der Waals surface area contributed by atoms with Crippen LogP contribution in [-0.4, -0.2) is 41.5 Å². The highest BCUT2D eigenvalue weighted by molar-refractivity contribution is 7.99. The third kappa shape index (κ3) is 4.14. The van der Waals surface area contributed by atoms with Crippen LogP contribution >= 0.6 is 11.8 Å². The molecule has 126 valence electrons. The van der Waals surface area contributed by atoms with E-state index in [2.05, 4.69) is 26.8 Å². The number of hydrogen-bond donors (Lipinski definition) is 1. The maximum absolute atomic E-state index is 10.2. The lowest BCUT2D eigenvalue weighted by molar-refractivity contribution is 0.172. The minimum Gasteiger partial charge on any atom is -0.390 e. The van der Waals surface area contributed by atoms with Crippen molar-refractivity contribution in [1.29, 1.82) is 0 Å². The van der Waals surface area contributed by atoms with Gasteiger partial charge in [0.15, 0.2) is 5.16 Å². The van der Waals surface area contributed by atoms with E-state index in [0.29, 0.717) is 18.3 Å². The van der Waals surface area contributed by atoms with Crippen LogP contribution in [0.2, 0.25) is 0 Å². The molecular weight excluding hydrogens is 310 g/mol. The van der Waals surface area contributed by atoms with Gasteiger partial charge in [0, 0.05) is 24.2 Å². The van der Waals surface area contributed by atoms with Crippen LogP contribution in [0.5, 0.6) is 0 Å². The highest BCUT2D eigenvalue weighted by Gasteiger charge is 2.24. The largest absolute Gasteiger partial charge is 0.390 e. The van der Waals surface area contributed by atoms with E-state index < -0.39 is 6.10 Å². The van der Waals surface area contributed by atoms with E-state index in [-0.39, 0.29) is 0 Å². The topological polar surface area (TPSA) is 68.8 Å². The van der Waals surface area contributed by atoms with Gasteiger partial charge in [-0.25, -0.2) is 0 Å². The number of nitrogens with zero attached hydrogens (tertiary/aromatic N) is 5. The molecule has 0 spiro atoms. The lowest BCUT2D eigenvalue weighted by Crippen LogP contribution is -2.21. The number of aryl methyl sites for hydroxylation is 1. The number of aliphatic hydroxyl groups is 1. The summed E-state index contributed by atoms with van der Waals surface area (Å²) in [5.74, 6) is 2.34. The highest BCUT2D eigenvalue weighted by Crippen LogP contribution is 2.35. The second-order valence-electron chi connectivity index (χ2n) is 6.52. The van der Waals surface area contributed by atoms with Crippen LogP contribution in [0.4, 0.5) is 0 Å². The Morgan fingerprint density at radius 2 is 2.26 bits per heavy atom. The van der Waals surface area contributed by atoms with Gasteiger partial charge >= 0.3 is 0 Å². The Morgan fingerprint density at radius 1 is 1.39 bits per heavy atom. The third-order valence-electron chi connectivity index (χ3n) is 4.47. The summed E-state index contributed by atoms with van der Waals surface area (Å²) < 4.78 is 4.03. The highest BCUT2D eigenvalue weighted by atomic mass is 32.2. The molecule has 1 aliphatic carbocycles. The van der Waals surface area contributed by atoms with E-state index in [4.69, 9.17) is 0 Å². The van der Waals surface area contributed by atoms with Crippen LogP contribution in [0.1, 0.15) is 44.5 Å². The fraction of sp³-hybridized carbons (Fsp3) is 0.688. The molecule has 2 heterocycles. The Morgan fingerprint density at radius 3 is 3.00 bits per heavy atom. The van der Waals surface area contributed by atoms with Crippen molar-refractivity contribution in [3.8, 4) is 0 Å². The summed E-state index contributed by atoms with van der Waals surface area (Å²) in [6.45, 7) is 4.86. The maximum atomic E-state index is 10.2. The fourth-order valence-corrected chi connectivity index (χ4v) is 4.32. The second kappa shape index (κ2) is 7.49. The van der Waals surface area contributed by atoms with Gasteiger partial charge in [-0.1, -0.05) is 31.5 Å². The Hall–Kier alpha value is -1.34. The summed E-state index contributed by atoms with van der Waals surface area (Å²) in [6, 6.07) is 2.36. The smallest absolute Gasteiger partial charge is 0.191 e. The predicted octanol–water partition coefficient (Wildman–Crippen LogP) is 2.69. The van der Waals surface area contributed by atoms with E-state index in [0.717, 1.165) is 16.9 Å². The van der Waals surface area contributed by atoms with Crippen molar-refractivity contribution in [2.75, 3.05) is 5.75 Å². The van der Waals surface area contributed by atoms with Crippen LogP contribution in [0, 0.1) is 12.8 Å². The lowest BCUT2D eigenvalue weighted by atomic mass is 9.87. The average molecular weight is 335 g/mol. The van der Waals surface area contributed by atoms with Gasteiger partial charge in [-0.05, 0) is 31.7 Å². The number of aliphatic hydroxyl groups excluding tert-OH is 1. The van der Waals surface area contributed by atoms with Gasteiger partial charge in [-0.3, -0.25) is 4.68 Å². The summed E-state index contributed by atoms with van der Waals surface area (Å²) in [5, 5.41) is 23.8. The molecule has 1 aliphatic rings. The van der Waals surface area contributed by atoms with Crippen LogP contribution < -0.4 is 0 Å². The molecule has 3 rings (SSSR count). The van der Waals surface area contributed by atoms with Crippen molar-refractivity contribution in [1.82, 2.24) is 24.5 Å². The average Bonchev–Trinajstić information content (AvgIpc) is 3.15. The summed E-state index contributed by atoms with van der Waals surface area (Å²) in [6.07, 6.45) is 8.14. The van der Waals surface area contributed by atoms with Crippen LogP contribution in [0.3, 0.4) is 0 Å². The molecule has 1 N–H and O–H groups in total. The minimum atomic E-state index is -0.448. The van der Waals surface area contributed by atoms with Gasteiger partial charge in [0.2, 0.25) is 0 Å². The number of aromatic nitrogens is 5. The Bertz CT molecular complexity index is 612. The molecule has 0 amide bonds. The Kier molecular flexibility index (Phi) is 5.38.